The molecule has 0 aliphatic heterocycles. The summed E-state index contributed by atoms with van der Waals surface area (Å²) in [4.78, 5) is 10.7. The molecule has 1 aromatic rings. The molecule has 5 heteroatoms. The third-order valence-electron chi connectivity index (χ3n) is 2.84. The maximum atomic E-state index is 13.5. The van der Waals surface area contributed by atoms with Gasteiger partial charge in [0.25, 0.3) is 0 Å². The fraction of sp³-hybridized carbons (Fsp3) is 0.500. The first-order chi connectivity index (χ1) is 8.93. The second kappa shape index (κ2) is 7.21. The van der Waals surface area contributed by atoms with Gasteiger partial charge >= 0.3 is 5.97 Å². The summed E-state index contributed by atoms with van der Waals surface area (Å²) in [5.74, 6) is -1.56. The molecule has 1 aromatic carbocycles. The predicted molar refractivity (Wildman–Crippen MR) is 70.5 cm³/mol. The van der Waals surface area contributed by atoms with E-state index in [0.717, 1.165) is 6.42 Å². The lowest BCUT2D eigenvalue weighted by Crippen LogP contribution is -2.33. The maximum absolute atomic E-state index is 13.5. The van der Waals surface area contributed by atoms with Crippen molar-refractivity contribution in [1.82, 2.24) is 5.32 Å². The van der Waals surface area contributed by atoms with Crippen LogP contribution in [-0.4, -0.2) is 28.8 Å². The molecule has 4 nitrogen and oxygen atoms in total. The van der Waals surface area contributed by atoms with Crippen molar-refractivity contribution in [2.75, 3.05) is 6.61 Å². The number of hydrogen-bond donors (Lipinski definition) is 3. The van der Waals surface area contributed by atoms with E-state index in [4.69, 9.17) is 5.11 Å². The Morgan fingerprint density at radius 1 is 1.42 bits per heavy atom. The second-order valence-corrected chi connectivity index (χ2v) is 5.01. The molecule has 0 fully saturated rings. The van der Waals surface area contributed by atoms with E-state index in [2.05, 4.69) is 19.2 Å². The molecule has 1 rings (SSSR count). The highest BCUT2D eigenvalue weighted by molar-refractivity contribution is 5.87. The molecule has 0 amide bonds. The van der Waals surface area contributed by atoms with E-state index in [1.165, 1.54) is 12.1 Å². The SMILES string of the molecule is CC(C)CC(CO)NCc1ccc(C(=O)O)c(F)c1. The van der Waals surface area contributed by atoms with Crippen molar-refractivity contribution >= 4 is 5.97 Å². The van der Waals surface area contributed by atoms with E-state index in [1.54, 1.807) is 6.07 Å². The average molecular weight is 269 g/mol. The van der Waals surface area contributed by atoms with Gasteiger partial charge < -0.3 is 15.5 Å². The zero-order valence-electron chi connectivity index (χ0n) is 11.2. The lowest BCUT2D eigenvalue weighted by atomic mass is 10.0. The largest absolute Gasteiger partial charge is 0.478 e. The molecule has 106 valence electrons. The van der Waals surface area contributed by atoms with Gasteiger partial charge in [-0.15, -0.1) is 0 Å². The van der Waals surface area contributed by atoms with Gasteiger partial charge in [-0.2, -0.15) is 0 Å². The Balaban J connectivity index is 2.62. The Hall–Kier alpha value is -1.46. The minimum atomic E-state index is -1.27. The van der Waals surface area contributed by atoms with Gasteiger partial charge in [0.1, 0.15) is 5.82 Å². The molecule has 0 heterocycles. The molecule has 0 aliphatic carbocycles. The van der Waals surface area contributed by atoms with Crippen molar-refractivity contribution in [1.29, 1.82) is 0 Å². The number of aliphatic hydroxyl groups excluding tert-OH is 1. The predicted octanol–water partition coefficient (Wildman–Crippen LogP) is 2.02. The topological polar surface area (TPSA) is 69.6 Å². The quantitative estimate of drug-likeness (QED) is 0.708. The minimum Gasteiger partial charge on any atom is -0.478 e. The summed E-state index contributed by atoms with van der Waals surface area (Å²) in [6, 6.07) is 4.00. The normalized spacial score (nSPS) is 12.7. The fourth-order valence-corrected chi connectivity index (χ4v) is 1.90. The number of benzene rings is 1. The van der Waals surface area contributed by atoms with Crippen LogP contribution >= 0.6 is 0 Å². The standard InChI is InChI=1S/C14H20FNO3/c1-9(2)5-11(8-17)16-7-10-3-4-12(14(18)19)13(15)6-10/h3-4,6,9,11,16-17H,5,7-8H2,1-2H3,(H,18,19). The summed E-state index contributed by atoms with van der Waals surface area (Å²) in [5.41, 5.74) is 0.328. The van der Waals surface area contributed by atoms with E-state index < -0.39 is 11.8 Å². The summed E-state index contributed by atoms with van der Waals surface area (Å²) in [6.07, 6.45) is 0.826. The second-order valence-electron chi connectivity index (χ2n) is 5.01. The van der Waals surface area contributed by atoms with Crippen LogP contribution in [0.15, 0.2) is 18.2 Å². The molecule has 3 N–H and O–H groups in total. The van der Waals surface area contributed by atoms with Gasteiger partial charge in [-0.1, -0.05) is 19.9 Å². The highest BCUT2D eigenvalue weighted by Gasteiger charge is 2.12. The molecule has 19 heavy (non-hydrogen) atoms. The van der Waals surface area contributed by atoms with Crippen molar-refractivity contribution in [2.24, 2.45) is 5.92 Å². The first-order valence-corrected chi connectivity index (χ1v) is 6.30. The van der Waals surface area contributed by atoms with E-state index in [0.29, 0.717) is 18.0 Å². The van der Waals surface area contributed by atoms with Crippen molar-refractivity contribution in [3.8, 4) is 0 Å². The Morgan fingerprint density at radius 2 is 2.11 bits per heavy atom. The number of aromatic carboxylic acids is 1. The zero-order chi connectivity index (χ0) is 14.4. The molecule has 0 saturated carbocycles. The highest BCUT2D eigenvalue weighted by atomic mass is 19.1. The molecular weight excluding hydrogens is 249 g/mol. The molecular formula is C14H20FNO3. The fourth-order valence-electron chi connectivity index (χ4n) is 1.90. The van der Waals surface area contributed by atoms with Gasteiger partial charge in [-0.25, -0.2) is 9.18 Å². The van der Waals surface area contributed by atoms with Crippen molar-refractivity contribution in [3.05, 3.63) is 35.1 Å². The Kier molecular flexibility index (Phi) is 5.92. The van der Waals surface area contributed by atoms with Crippen LogP contribution in [0.25, 0.3) is 0 Å². The third-order valence-corrected chi connectivity index (χ3v) is 2.84. The monoisotopic (exact) mass is 269 g/mol. The highest BCUT2D eigenvalue weighted by Crippen LogP contribution is 2.11. The average Bonchev–Trinajstić information content (AvgIpc) is 2.33. The lowest BCUT2D eigenvalue weighted by Gasteiger charge is -2.18. The van der Waals surface area contributed by atoms with Crippen LogP contribution in [0.1, 0.15) is 36.2 Å². The molecule has 0 spiro atoms. The van der Waals surface area contributed by atoms with Crippen LogP contribution in [0.3, 0.4) is 0 Å². The molecule has 0 aliphatic rings. The number of halogens is 1. The number of nitrogens with one attached hydrogen (secondary N) is 1. The molecule has 0 bridgehead atoms. The summed E-state index contributed by atoms with van der Waals surface area (Å²) in [7, 11) is 0. The zero-order valence-corrected chi connectivity index (χ0v) is 11.2. The molecule has 1 atom stereocenters. The van der Waals surface area contributed by atoms with Crippen LogP contribution in [0.2, 0.25) is 0 Å². The van der Waals surface area contributed by atoms with E-state index in [-0.39, 0.29) is 18.2 Å². The number of rotatable bonds is 7. The number of carbonyl (C=O) groups is 1. The Labute approximate surface area is 112 Å². The first kappa shape index (κ1) is 15.6. The number of carboxylic acids is 1. The van der Waals surface area contributed by atoms with Gasteiger partial charge in [0.2, 0.25) is 0 Å². The van der Waals surface area contributed by atoms with Gasteiger partial charge in [0, 0.05) is 12.6 Å². The Morgan fingerprint density at radius 3 is 2.58 bits per heavy atom. The summed E-state index contributed by atoms with van der Waals surface area (Å²) in [6.45, 7) is 4.54. The van der Waals surface area contributed by atoms with Gasteiger partial charge in [0.15, 0.2) is 0 Å². The van der Waals surface area contributed by atoms with Crippen LogP contribution in [0.5, 0.6) is 0 Å². The van der Waals surface area contributed by atoms with Crippen molar-refractivity contribution in [2.45, 2.75) is 32.9 Å². The van der Waals surface area contributed by atoms with E-state index >= 15 is 0 Å². The molecule has 0 saturated heterocycles. The Bertz CT molecular complexity index is 435. The van der Waals surface area contributed by atoms with Crippen molar-refractivity contribution in [3.63, 3.8) is 0 Å². The first-order valence-electron chi connectivity index (χ1n) is 6.30. The number of hydrogen-bond acceptors (Lipinski definition) is 3. The van der Waals surface area contributed by atoms with E-state index in [1.807, 2.05) is 0 Å². The van der Waals surface area contributed by atoms with Gasteiger partial charge in [0.05, 0.1) is 12.2 Å². The summed E-state index contributed by atoms with van der Waals surface area (Å²) < 4.78 is 13.5. The van der Waals surface area contributed by atoms with Gasteiger partial charge in [-0.3, -0.25) is 0 Å². The van der Waals surface area contributed by atoms with Crippen LogP contribution in [0.4, 0.5) is 4.39 Å². The lowest BCUT2D eigenvalue weighted by molar-refractivity contribution is 0.0692. The molecule has 0 radical (unpaired) electrons. The summed E-state index contributed by atoms with van der Waals surface area (Å²) in [5, 5.41) is 21.1. The van der Waals surface area contributed by atoms with E-state index in [9.17, 15) is 14.3 Å². The van der Waals surface area contributed by atoms with Gasteiger partial charge in [-0.05, 0) is 30.0 Å². The number of carboxylic acid groups (broad SMARTS) is 1. The van der Waals surface area contributed by atoms with Crippen LogP contribution in [-0.2, 0) is 6.54 Å². The third kappa shape index (κ3) is 4.96. The minimum absolute atomic E-state index is 0.0217. The van der Waals surface area contributed by atoms with Crippen LogP contribution in [0, 0.1) is 11.7 Å². The maximum Gasteiger partial charge on any atom is 0.338 e. The summed E-state index contributed by atoms with van der Waals surface area (Å²) >= 11 is 0. The number of aliphatic hydroxyl groups is 1. The molecule has 1 unspecified atom stereocenters. The van der Waals surface area contributed by atoms with Crippen LogP contribution < -0.4 is 5.32 Å². The smallest absolute Gasteiger partial charge is 0.338 e. The molecule has 0 aromatic heterocycles. The van der Waals surface area contributed by atoms with Crippen molar-refractivity contribution < 1.29 is 19.4 Å².